The number of anilines is 1. The van der Waals surface area contributed by atoms with E-state index in [-0.39, 0.29) is 19.0 Å². The maximum absolute atomic E-state index is 12.6. The lowest BCUT2D eigenvalue weighted by atomic mass is 10.1. The normalized spacial score (nSPS) is 12.1. The van der Waals surface area contributed by atoms with Crippen molar-refractivity contribution < 1.29 is 19.1 Å². The van der Waals surface area contributed by atoms with E-state index >= 15 is 0 Å². The summed E-state index contributed by atoms with van der Waals surface area (Å²) < 4.78 is 10.9. The van der Waals surface area contributed by atoms with E-state index in [2.05, 4.69) is 25.6 Å². The van der Waals surface area contributed by atoms with E-state index in [1.54, 1.807) is 45.3 Å². The quantitative estimate of drug-likeness (QED) is 0.415. The Morgan fingerprint density at radius 1 is 1.26 bits per heavy atom. The number of aromatic nitrogens is 1. The Morgan fingerprint density at radius 3 is 2.71 bits per heavy atom. The van der Waals surface area contributed by atoms with Gasteiger partial charge in [0.05, 0.1) is 17.7 Å². The maximum atomic E-state index is 12.6. The molecule has 2 aromatic rings. The number of nitrogens with one attached hydrogen (secondary N) is 2. The van der Waals surface area contributed by atoms with E-state index in [4.69, 9.17) is 9.47 Å². The number of hydrogen-bond acceptors (Lipinski definition) is 6. The van der Waals surface area contributed by atoms with Gasteiger partial charge < -0.3 is 20.1 Å². The Morgan fingerprint density at radius 2 is 2.03 bits per heavy atom. The van der Waals surface area contributed by atoms with Crippen molar-refractivity contribution in [2.75, 3.05) is 25.5 Å². The molecule has 9 nitrogen and oxygen atoms in total. The lowest BCUT2D eigenvalue weighted by Gasteiger charge is -2.19. The van der Waals surface area contributed by atoms with Gasteiger partial charge in [-0.25, -0.2) is 9.79 Å². The highest BCUT2D eigenvalue weighted by atomic mass is 16.6. The molecule has 1 aromatic heterocycles. The third kappa shape index (κ3) is 7.69. The lowest BCUT2D eigenvalue weighted by molar-refractivity contribution is -0.110. The molecule has 31 heavy (non-hydrogen) atoms. The van der Waals surface area contributed by atoms with E-state index in [1.807, 2.05) is 19.1 Å². The van der Waals surface area contributed by atoms with Crippen molar-refractivity contribution in [1.82, 2.24) is 10.3 Å². The minimum Gasteiger partial charge on any atom is -0.492 e. The van der Waals surface area contributed by atoms with Crippen molar-refractivity contribution >= 4 is 40.6 Å². The molecule has 0 aliphatic rings. The summed E-state index contributed by atoms with van der Waals surface area (Å²) in [6.07, 6.45) is 3.45. The standard InChI is InChI=1S/C22H29N5O4/c1-6-9-25-19(23-5)20(28)27-17-14-16(13-15-8-7-10-24-18(15)17)30-12-11-26-21(29)31-22(2,3)4/h7-10,13-14H,6,11-12H2,1-5H3,(H,26,29)(H,27,28). The van der Waals surface area contributed by atoms with Crippen LogP contribution in [0.15, 0.2) is 40.4 Å². The Balaban J connectivity index is 2.11. The molecule has 166 valence electrons. The molecule has 2 rings (SSSR count). The van der Waals surface area contributed by atoms with Crippen LogP contribution in [0.25, 0.3) is 10.9 Å². The number of pyridine rings is 1. The van der Waals surface area contributed by atoms with Crippen LogP contribution in [0.4, 0.5) is 10.5 Å². The van der Waals surface area contributed by atoms with E-state index in [9.17, 15) is 9.59 Å². The van der Waals surface area contributed by atoms with Crippen molar-refractivity contribution in [3.8, 4) is 5.75 Å². The van der Waals surface area contributed by atoms with Crippen LogP contribution in [0.2, 0.25) is 0 Å². The first kappa shape index (κ1) is 23.8. The first-order valence-electron chi connectivity index (χ1n) is 10.0. The number of amides is 2. The van der Waals surface area contributed by atoms with Gasteiger partial charge in [-0.1, -0.05) is 13.0 Å². The molecule has 0 spiro atoms. The molecule has 0 aliphatic heterocycles. The van der Waals surface area contributed by atoms with Gasteiger partial charge in [-0.05, 0) is 39.3 Å². The van der Waals surface area contributed by atoms with Crippen LogP contribution >= 0.6 is 0 Å². The number of aliphatic imine (C=N–C) groups is 2. The summed E-state index contributed by atoms with van der Waals surface area (Å²) in [5, 5.41) is 6.23. The van der Waals surface area contributed by atoms with Gasteiger partial charge in [-0.15, -0.1) is 0 Å². The number of benzene rings is 1. The summed E-state index contributed by atoms with van der Waals surface area (Å²) in [7, 11) is 1.51. The number of ether oxygens (including phenoxy) is 2. The number of carbonyl (C=O) groups is 2. The highest BCUT2D eigenvalue weighted by Crippen LogP contribution is 2.28. The van der Waals surface area contributed by atoms with E-state index in [1.165, 1.54) is 7.05 Å². The second-order valence-corrected chi connectivity index (χ2v) is 7.54. The van der Waals surface area contributed by atoms with Crippen molar-refractivity contribution in [2.24, 2.45) is 9.98 Å². The molecule has 0 saturated carbocycles. The van der Waals surface area contributed by atoms with E-state index in [0.717, 1.165) is 5.39 Å². The second-order valence-electron chi connectivity index (χ2n) is 7.54. The summed E-state index contributed by atoms with van der Waals surface area (Å²) in [5.74, 6) is 0.149. The fourth-order valence-electron chi connectivity index (χ4n) is 2.55. The van der Waals surface area contributed by atoms with Gasteiger partial charge in [0.15, 0.2) is 0 Å². The molecule has 0 unspecified atom stereocenters. The number of hydrogen-bond donors (Lipinski definition) is 2. The minimum absolute atomic E-state index is 0.0683. The Kier molecular flexibility index (Phi) is 8.48. The van der Waals surface area contributed by atoms with Crippen molar-refractivity contribution in [3.63, 3.8) is 0 Å². The molecule has 2 N–H and O–H groups in total. The molecule has 0 saturated heterocycles. The van der Waals surface area contributed by atoms with Crippen LogP contribution in [-0.2, 0) is 9.53 Å². The SMILES string of the molecule is CCC=NC(=NC)C(=O)Nc1cc(OCCNC(=O)OC(C)(C)C)cc2cccnc12. The number of fused-ring (bicyclic) bond motifs is 1. The number of amidine groups is 1. The molecular formula is C22H29N5O4. The van der Waals surface area contributed by atoms with Crippen LogP contribution in [0, 0.1) is 0 Å². The monoisotopic (exact) mass is 427 g/mol. The number of rotatable bonds is 6. The molecule has 1 aromatic carbocycles. The predicted molar refractivity (Wildman–Crippen MR) is 122 cm³/mol. The van der Waals surface area contributed by atoms with E-state index in [0.29, 0.717) is 23.4 Å². The topological polar surface area (TPSA) is 114 Å². The summed E-state index contributed by atoms with van der Waals surface area (Å²) in [5.41, 5.74) is 0.529. The van der Waals surface area contributed by atoms with Crippen LogP contribution in [0.5, 0.6) is 5.75 Å². The third-order valence-corrected chi connectivity index (χ3v) is 3.78. The molecule has 2 amide bonds. The van der Waals surface area contributed by atoms with Gasteiger partial charge in [0, 0.05) is 30.9 Å². The second kappa shape index (κ2) is 11.1. The van der Waals surface area contributed by atoms with Gasteiger partial charge in [-0.2, -0.15) is 0 Å². The zero-order chi connectivity index (χ0) is 22.9. The van der Waals surface area contributed by atoms with Crippen LogP contribution < -0.4 is 15.4 Å². The summed E-state index contributed by atoms with van der Waals surface area (Å²) >= 11 is 0. The molecule has 1 heterocycles. The van der Waals surface area contributed by atoms with Gasteiger partial charge in [0.1, 0.15) is 18.0 Å². The van der Waals surface area contributed by atoms with Crippen molar-refractivity contribution in [1.29, 1.82) is 0 Å². The van der Waals surface area contributed by atoms with E-state index < -0.39 is 17.6 Å². The van der Waals surface area contributed by atoms with Crippen LogP contribution in [0.3, 0.4) is 0 Å². The zero-order valence-electron chi connectivity index (χ0n) is 18.6. The minimum atomic E-state index is -0.564. The number of nitrogens with zero attached hydrogens (tertiary/aromatic N) is 3. The van der Waals surface area contributed by atoms with Crippen molar-refractivity contribution in [3.05, 3.63) is 30.5 Å². The summed E-state index contributed by atoms with van der Waals surface area (Å²) in [6, 6.07) is 7.16. The molecule has 0 aliphatic carbocycles. The molecule has 0 fully saturated rings. The fraction of sp³-hybridized carbons (Fsp3) is 0.409. The third-order valence-electron chi connectivity index (χ3n) is 3.78. The largest absolute Gasteiger partial charge is 0.492 e. The first-order valence-corrected chi connectivity index (χ1v) is 10.0. The first-order chi connectivity index (χ1) is 14.7. The lowest BCUT2D eigenvalue weighted by Crippen LogP contribution is -2.34. The maximum Gasteiger partial charge on any atom is 0.407 e. The Labute approximate surface area is 182 Å². The average molecular weight is 428 g/mol. The predicted octanol–water partition coefficient (Wildman–Crippen LogP) is 3.59. The fourth-order valence-corrected chi connectivity index (χ4v) is 2.55. The van der Waals surface area contributed by atoms with Crippen molar-refractivity contribution in [2.45, 2.75) is 39.7 Å². The number of carbonyl (C=O) groups excluding carboxylic acids is 2. The van der Waals surface area contributed by atoms with Gasteiger partial charge >= 0.3 is 6.09 Å². The average Bonchev–Trinajstić information content (AvgIpc) is 2.70. The summed E-state index contributed by atoms with van der Waals surface area (Å²) in [6.45, 7) is 7.80. The summed E-state index contributed by atoms with van der Waals surface area (Å²) in [4.78, 5) is 36.6. The molecule has 9 heteroatoms. The smallest absolute Gasteiger partial charge is 0.407 e. The Hall–Kier alpha value is -3.49. The molecule has 0 atom stereocenters. The molecular weight excluding hydrogens is 398 g/mol. The van der Waals surface area contributed by atoms with Gasteiger partial charge in [-0.3, -0.25) is 14.8 Å². The van der Waals surface area contributed by atoms with Crippen LogP contribution in [-0.4, -0.2) is 54.8 Å². The Bertz CT molecular complexity index is 980. The van der Waals surface area contributed by atoms with Crippen LogP contribution in [0.1, 0.15) is 34.1 Å². The highest BCUT2D eigenvalue weighted by Gasteiger charge is 2.16. The number of alkyl carbamates (subject to hydrolysis) is 1. The zero-order valence-corrected chi connectivity index (χ0v) is 18.6. The molecule has 0 bridgehead atoms. The van der Waals surface area contributed by atoms with Gasteiger partial charge in [0.25, 0.3) is 5.91 Å². The van der Waals surface area contributed by atoms with Gasteiger partial charge in [0.2, 0.25) is 5.84 Å². The molecule has 0 radical (unpaired) electrons. The highest BCUT2D eigenvalue weighted by molar-refractivity contribution is 6.43.